The lowest BCUT2D eigenvalue weighted by Crippen LogP contribution is -2.53. The van der Waals surface area contributed by atoms with Crippen LogP contribution in [-0.4, -0.2) is 39.9 Å². The van der Waals surface area contributed by atoms with Gasteiger partial charge in [0.15, 0.2) is 0 Å². The van der Waals surface area contributed by atoms with E-state index in [-0.39, 0.29) is 17.6 Å². The van der Waals surface area contributed by atoms with Gasteiger partial charge in [-0.2, -0.15) is 5.10 Å². The van der Waals surface area contributed by atoms with Crippen molar-refractivity contribution in [3.63, 3.8) is 0 Å². The van der Waals surface area contributed by atoms with E-state index in [9.17, 15) is 0 Å². The number of methoxy groups -OCH3 is 1. The number of nitrogens with two attached hydrogens (primary N) is 1. The number of likely N-dealkylation sites (tertiary alicyclic amines) is 1. The molecule has 114 valence electrons. The molecular weight excluding hydrogens is 252 g/mol. The highest BCUT2D eigenvalue weighted by Gasteiger charge is 2.40. The summed E-state index contributed by atoms with van der Waals surface area (Å²) < 4.78 is 7.39. The maximum atomic E-state index is 6.47. The van der Waals surface area contributed by atoms with E-state index in [2.05, 4.69) is 30.8 Å². The number of aromatic nitrogens is 2. The molecule has 1 aromatic rings. The van der Waals surface area contributed by atoms with Gasteiger partial charge in [-0.25, -0.2) is 4.68 Å². The predicted molar refractivity (Wildman–Crippen MR) is 80.9 cm³/mol. The summed E-state index contributed by atoms with van der Waals surface area (Å²) in [6.07, 6.45) is 2.20. The smallest absolute Gasteiger partial charge is 0.216 e. The molecule has 2 heterocycles. The van der Waals surface area contributed by atoms with Crippen molar-refractivity contribution in [3.8, 4) is 5.88 Å². The molecule has 5 nitrogen and oxygen atoms in total. The summed E-state index contributed by atoms with van der Waals surface area (Å²) in [6.45, 7) is 9.85. The van der Waals surface area contributed by atoms with E-state index in [1.54, 1.807) is 7.11 Å². The number of hydrogen-bond donors (Lipinski definition) is 1. The van der Waals surface area contributed by atoms with Crippen molar-refractivity contribution in [3.05, 3.63) is 11.3 Å². The summed E-state index contributed by atoms with van der Waals surface area (Å²) in [6, 6.07) is 0.298. The Morgan fingerprint density at radius 2 is 2.00 bits per heavy atom. The van der Waals surface area contributed by atoms with Crippen molar-refractivity contribution in [2.75, 3.05) is 13.7 Å². The van der Waals surface area contributed by atoms with Crippen LogP contribution >= 0.6 is 0 Å². The second kappa shape index (κ2) is 5.37. The van der Waals surface area contributed by atoms with Crippen LogP contribution in [0.1, 0.15) is 50.9 Å². The van der Waals surface area contributed by atoms with Gasteiger partial charge in [0.25, 0.3) is 0 Å². The van der Waals surface area contributed by atoms with Gasteiger partial charge in [0.05, 0.1) is 24.4 Å². The van der Waals surface area contributed by atoms with Gasteiger partial charge in [-0.05, 0) is 47.1 Å². The number of ether oxygens (including phenoxy) is 1. The average Bonchev–Trinajstić information content (AvgIpc) is 2.62. The van der Waals surface area contributed by atoms with E-state index >= 15 is 0 Å². The number of aryl methyl sites for hydroxylation is 2. The molecule has 0 spiro atoms. The van der Waals surface area contributed by atoms with Gasteiger partial charge in [0, 0.05) is 18.6 Å². The van der Waals surface area contributed by atoms with Crippen LogP contribution in [0.2, 0.25) is 0 Å². The van der Waals surface area contributed by atoms with Crippen molar-refractivity contribution >= 4 is 0 Å². The monoisotopic (exact) mass is 280 g/mol. The Bertz CT molecular complexity index is 475. The second-order valence-electron chi connectivity index (χ2n) is 6.75. The number of nitrogens with zero attached hydrogens (tertiary/aromatic N) is 3. The summed E-state index contributed by atoms with van der Waals surface area (Å²) in [5, 5.41) is 4.52. The molecule has 2 rings (SSSR count). The third-order valence-electron chi connectivity index (χ3n) is 4.24. The number of hydrogen-bond acceptors (Lipinski definition) is 4. The third-order valence-corrected chi connectivity index (χ3v) is 4.24. The Hall–Kier alpha value is -1.07. The normalized spacial score (nSPS) is 24.9. The minimum atomic E-state index is 0.0794. The van der Waals surface area contributed by atoms with Crippen molar-refractivity contribution in [1.82, 2.24) is 14.7 Å². The zero-order valence-electron chi connectivity index (χ0n) is 13.6. The highest BCUT2D eigenvalue weighted by atomic mass is 16.5. The Balaban J connectivity index is 2.51. The van der Waals surface area contributed by atoms with Crippen LogP contribution in [0.25, 0.3) is 0 Å². The van der Waals surface area contributed by atoms with Crippen molar-refractivity contribution in [1.29, 1.82) is 0 Å². The van der Waals surface area contributed by atoms with Gasteiger partial charge in [-0.3, -0.25) is 4.90 Å². The lowest BCUT2D eigenvalue weighted by Gasteiger charge is -2.47. The number of piperidine rings is 1. The topological polar surface area (TPSA) is 56.3 Å². The van der Waals surface area contributed by atoms with E-state index < -0.39 is 0 Å². The fraction of sp³-hybridized carbons (Fsp3) is 0.800. The summed E-state index contributed by atoms with van der Waals surface area (Å²) in [5.41, 5.74) is 8.71. The van der Waals surface area contributed by atoms with Gasteiger partial charge in [0.1, 0.15) is 0 Å². The molecule has 1 aliphatic rings. The molecule has 2 N–H and O–H groups in total. The minimum Gasteiger partial charge on any atom is -0.481 e. The summed E-state index contributed by atoms with van der Waals surface area (Å²) in [7, 11) is 3.63. The molecule has 5 heteroatoms. The Kier molecular flexibility index (Phi) is 4.12. The molecule has 1 saturated heterocycles. The third kappa shape index (κ3) is 2.56. The van der Waals surface area contributed by atoms with Crippen LogP contribution in [0.3, 0.4) is 0 Å². The predicted octanol–water partition coefficient (Wildman–Crippen LogP) is 2.00. The SMILES string of the molecule is COc1c(C2C(N)CCCN2C(C)(C)C)c(C)nn1C. The zero-order valence-corrected chi connectivity index (χ0v) is 13.6. The molecule has 1 fully saturated rings. The molecule has 0 saturated carbocycles. The largest absolute Gasteiger partial charge is 0.481 e. The van der Waals surface area contributed by atoms with Gasteiger partial charge in [-0.15, -0.1) is 0 Å². The molecular formula is C15H28N4O. The van der Waals surface area contributed by atoms with E-state index in [1.807, 2.05) is 18.7 Å². The van der Waals surface area contributed by atoms with E-state index in [0.717, 1.165) is 36.5 Å². The van der Waals surface area contributed by atoms with E-state index in [1.165, 1.54) is 0 Å². The summed E-state index contributed by atoms with van der Waals surface area (Å²) in [5.74, 6) is 0.833. The minimum absolute atomic E-state index is 0.0794. The fourth-order valence-electron chi connectivity index (χ4n) is 3.38. The first-order chi connectivity index (χ1) is 9.27. The lowest BCUT2D eigenvalue weighted by atomic mass is 9.87. The summed E-state index contributed by atoms with van der Waals surface area (Å²) >= 11 is 0. The highest BCUT2D eigenvalue weighted by molar-refractivity contribution is 5.36. The molecule has 1 aromatic heterocycles. The quantitative estimate of drug-likeness (QED) is 0.900. The Labute approximate surface area is 122 Å². The maximum Gasteiger partial charge on any atom is 0.216 e. The van der Waals surface area contributed by atoms with Crippen LogP contribution in [0.5, 0.6) is 5.88 Å². The van der Waals surface area contributed by atoms with Crippen molar-refractivity contribution < 1.29 is 4.74 Å². The van der Waals surface area contributed by atoms with Crippen LogP contribution in [0.4, 0.5) is 0 Å². The molecule has 20 heavy (non-hydrogen) atoms. The first-order valence-corrected chi connectivity index (χ1v) is 7.37. The average molecular weight is 280 g/mol. The molecule has 2 atom stereocenters. The van der Waals surface area contributed by atoms with Crippen molar-refractivity contribution in [2.24, 2.45) is 12.8 Å². The lowest BCUT2D eigenvalue weighted by molar-refractivity contribution is 0.0368. The molecule has 0 amide bonds. The van der Waals surface area contributed by atoms with E-state index in [4.69, 9.17) is 10.5 Å². The molecule has 1 aliphatic heterocycles. The number of rotatable bonds is 2. The standard InChI is InChI=1S/C15H28N4O/c1-10-12(14(20-6)18(5)17-10)13-11(16)8-7-9-19(13)15(2,3)4/h11,13H,7-9,16H2,1-6H3. The molecule has 2 unspecified atom stereocenters. The Morgan fingerprint density at radius 3 is 2.55 bits per heavy atom. The fourth-order valence-corrected chi connectivity index (χ4v) is 3.38. The molecule has 0 bridgehead atoms. The van der Waals surface area contributed by atoms with Gasteiger partial charge in [-0.1, -0.05) is 0 Å². The van der Waals surface area contributed by atoms with Crippen LogP contribution < -0.4 is 10.5 Å². The molecule has 0 radical (unpaired) electrons. The van der Waals surface area contributed by atoms with Crippen LogP contribution in [-0.2, 0) is 7.05 Å². The van der Waals surface area contributed by atoms with Crippen LogP contribution in [0, 0.1) is 6.92 Å². The summed E-state index contributed by atoms with van der Waals surface area (Å²) in [4.78, 5) is 2.49. The van der Waals surface area contributed by atoms with Crippen LogP contribution in [0.15, 0.2) is 0 Å². The zero-order chi connectivity index (χ0) is 15.1. The Morgan fingerprint density at radius 1 is 1.35 bits per heavy atom. The van der Waals surface area contributed by atoms with Gasteiger partial charge < -0.3 is 10.5 Å². The second-order valence-corrected chi connectivity index (χ2v) is 6.75. The van der Waals surface area contributed by atoms with Gasteiger partial charge >= 0.3 is 0 Å². The highest BCUT2D eigenvalue weighted by Crippen LogP contribution is 2.40. The van der Waals surface area contributed by atoms with E-state index in [0.29, 0.717) is 0 Å². The van der Waals surface area contributed by atoms with Gasteiger partial charge in [0.2, 0.25) is 5.88 Å². The first kappa shape index (κ1) is 15.3. The molecule has 0 aliphatic carbocycles. The van der Waals surface area contributed by atoms with Crippen molar-refractivity contribution in [2.45, 2.75) is 58.2 Å². The maximum absolute atomic E-state index is 6.47. The first-order valence-electron chi connectivity index (χ1n) is 7.37. The molecule has 0 aromatic carbocycles.